The second kappa shape index (κ2) is 4.75. The van der Waals surface area contributed by atoms with E-state index in [1.165, 1.54) is 13.2 Å². The van der Waals surface area contributed by atoms with Crippen molar-refractivity contribution in [2.75, 3.05) is 13.7 Å². The van der Waals surface area contributed by atoms with Crippen molar-refractivity contribution >= 4 is 5.78 Å². The standard InChI is InChI=1S/C10H12FNO3/c1-15-9-5-6(13)4-7(11)10(9)8(14)2-3-12/h4-5,13H,2-3,12H2,1H3. The smallest absolute Gasteiger partial charge is 0.170 e. The zero-order valence-corrected chi connectivity index (χ0v) is 8.29. The van der Waals surface area contributed by atoms with Crippen LogP contribution in [0, 0.1) is 5.82 Å². The Labute approximate surface area is 86.5 Å². The number of phenols is 1. The van der Waals surface area contributed by atoms with Crippen LogP contribution in [0.3, 0.4) is 0 Å². The van der Waals surface area contributed by atoms with Crippen molar-refractivity contribution < 1.29 is 19.0 Å². The number of carbonyl (C=O) groups excluding carboxylic acids is 1. The van der Waals surface area contributed by atoms with Gasteiger partial charge < -0.3 is 15.6 Å². The molecule has 0 amide bonds. The lowest BCUT2D eigenvalue weighted by Crippen LogP contribution is -2.11. The summed E-state index contributed by atoms with van der Waals surface area (Å²) in [6.07, 6.45) is 0.0397. The van der Waals surface area contributed by atoms with Gasteiger partial charge in [0.25, 0.3) is 0 Å². The molecular weight excluding hydrogens is 201 g/mol. The Kier molecular flexibility index (Phi) is 3.62. The summed E-state index contributed by atoms with van der Waals surface area (Å²) in [5.74, 6) is -1.50. The molecule has 1 aromatic rings. The van der Waals surface area contributed by atoms with Crippen LogP contribution in [0.25, 0.3) is 0 Å². The average molecular weight is 213 g/mol. The topological polar surface area (TPSA) is 72.5 Å². The Morgan fingerprint density at radius 2 is 2.27 bits per heavy atom. The molecule has 0 aromatic heterocycles. The van der Waals surface area contributed by atoms with E-state index >= 15 is 0 Å². The number of hydrogen-bond donors (Lipinski definition) is 2. The Morgan fingerprint density at radius 3 is 2.80 bits per heavy atom. The van der Waals surface area contributed by atoms with Crippen molar-refractivity contribution in [2.45, 2.75) is 6.42 Å². The maximum absolute atomic E-state index is 13.4. The van der Waals surface area contributed by atoms with E-state index < -0.39 is 11.6 Å². The molecule has 4 nitrogen and oxygen atoms in total. The quantitative estimate of drug-likeness (QED) is 0.734. The first kappa shape index (κ1) is 11.5. The normalized spacial score (nSPS) is 10.1. The van der Waals surface area contributed by atoms with Gasteiger partial charge in [-0.1, -0.05) is 0 Å². The summed E-state index contributed by atoms with van der Waals surface area (Å²) >= 11 is 0. The third kappa shape index (κ3) is 2.44. The molecular formula is C10H12FNO3. The van der Waals surface area contributed by atoms with E-state index in [4.69, 9.17) is 15.6 Å². The first-order valence-corrected chi connectivity index (χ1v) is 4.40. The van der Waals surface area contributed by atoms with Crippen molar-refractivity contribution in [3.8, 4) is 11.5 Å². The largest absolute Gasteiger partial charge is 0.508 e. The monoisotopic (exact) mass is 213 g/mol. The maximum atomic E-state index is 13.4. The van der Waals surface area contributed by atoms with Crippen LogP contribution in [-0.2, 0) is 0 Å². The molecule has 0 fully saturated rings. The molecule has 0 saturated carbocycles. The van der Waals surface area contributed by atoms with Gasteiger partial charge in [0.2, 0.25) is 0 Å². The fraction of sp³-hybridized carbons (Fsp3) is 0.300. The van der Waals surface area contributed by atoms with Crippen LogP contribution in [-0.4, -0.2) is 24.5 Å². The van der Waals surface area contributed by atoms with E-state index in [1.807, 2.05) is 0 Å². The lowest BCUT2D eigenvalue weighted by Gasteiger charge is -2.08. The number of ketones is 1. The molecule has 0 aliphatic heterocycles. The molecule has 5 heteroatoms. The molecule has 0 radical (unpaired) electrons. The van der Waals surface area contributed by atoms with E-state index in [-0.39, 0.29) is 30.0 Å². The number of benzene rings is 1. The fourth-order valence-electron chi connectivity index (χ4n) is 1.26. The first-order valence-electron chi connectivity index (χ1n) is 4.40. The second-order valence-electron chi connectivity index (χ2n) is 2.97. The van der Waals surface area contributed by atoms with Crippen LogP contribution in [0.15, 0.2) is 12.1 Å². The highest BCUT2D eigenvalue weighted by atomic mass is 19.1. The molecule has 1 rings (SSSR count). The number of phenolic OH excluding ortho intramolecular Hbond substituents is 1. The minimum absolute atomic E-state index is 0.0194. The van der Waals surface area contributed by atoms with Gasteiger partial charge in [-0.15, -0.1) is 0 Å². The Balaban J connectivity index is 3.20. The van der Waals surface area contributed by atoms with E-state index in [9.17, 15) is 9.18 Å². The van der Waals surface area contributed by atoms with Gasteiger partial charge in [0.1, 0.15) is 17.3 Å². The lowest BCUT2D eigenvalue weighted by atomic mass is 10.1. The molecule has 0 atom stereocenters. The van der Waals surface area contributed by atoms with Gasteiger partial charge in [0.15, 0.2) is 5.78 Å². The summed E-state index contributed by atoms with van der Waals surface area (Å²) in [6.45, 7) is 0.141. The summed E-state index contributed by atoms with van der Waals surface area (Å²) in [7, 11) is 1.30. The highest BCUT2D eigenvalue weighted by Gasteiger charge is 2.18. The van der Waals surface area contributed by atoms with E-state index in [1.54, 1.807) is 0 Å². The Bertz CT molecular complexity index is 379. The van der Waals surface area contributed by atoms with Crippen molar-refractivity contribution in [3.63, 3.8) is 0 Å². The van der Waals surface area contributed by atoms with E-state index in [0.717, 1.165) is 6.07 Å². The van der Waals surface area contributed by atoms with E-state index in [0.29, 0.717) is 0 Å². The molecule has 0 unspecified atom stereocenters. The number of Topliss-reactive ketones (excluding diaryl/α,β-unsaturated/α-hetero) is 1. The molecule has 0 heterocycles. The summed E-state index contributed by atoms with van der Waals surface area (Å²) < 4.78 is 18.2. The van der Waals surface area contributed by atoms with Gasteiger partial charge in [0, 0.05) is 18.6 Å². The number of hydrogen-bond acceptors (Lipinski definition) is 4. The van der Waals surface area contributed by atoms with Gasteiger partial charge in [-0.05, 0) is 6.54 Å². The summed E-state index contributed by atoms with van der Waals surface area (Å²) in [4.78, 5) is 11.5. The van der Waals surface area contributed by atoms with Crippen LogP contribution >= 0.6 is 0 Å². The third-order valence-corrected chi connectivity index (χ3v) is 1.91. The van der Waals surface area contributed by atoms with Gasteiger partial charge >= 0.3 is 0 Å². The molecule has 3 N–H and O–H groups in total. The highest BCUT2D eigenvalue weighted by molar-refractivity contribution is 5.99. The second-order valence-corrected chi connectivity index (χ2v) is 2.97. The van der Waals surface area contributed by atoms with Gasteiger partial charge in [0.05, 0.1) is 12.7 Å². The SMILES string of the molecule is COc1cc(O)cc(F)c1C(=O)CCN. The molecule has 0 saturated heterocycles. The van der Waals surface area contributed by atoms with Crippen molar-refractivity contribution in [2.24, 2.45) is 5.73 Å². The van der Waals surface area contributed by atoms with Crippen LogP contribution in [0.1, 0.15) is 16.8 Å². The van der Waals surface area contributed by atoms with Crippen molar-refractivity contribution in [3.05, 3.63) is 23.5 Å². The third-order valence-electron chi connectivity index (χ3n) is 1.91. The Hall–Kier alpha value is -1.62. The minimum atomic E-state index is -0.801. The van der Waals surface area contributed by atoms with Crippen molar-refractivity contribution in [1.29, 1.82) is 0 Å². The maximum Gasteiger partial charge on any atom is 0.170 e. The van der Waals surface area contributed by atoms with Crippen molar-refractivity contribution in [1.82, 2.24) is 0 Å². The summed E-state index contributed by atoms with van der Waals surface area (Å²) in [5, 5.41) is 9.11. The molecule has 15 heavy (non-hydrogen) atoms. The Morgan fingerprint density at radius 1 is 1.60 bits per heavy atom. The molecule has 0 aliphatic rings. The van der Waals surface area contributed by atoms with Crippen LogP contribution < -0.4 is 10.5 Å². The molecule has 0 spiro atoms. The molecule has 82 valence electrons. The molecule has 0 aliphatic carbocycles. The predicted molar refractivity (Wildman–Crippen MR) is 52.6 cm³/mol. The molecule has 1 aromatic carbocycles. The summed E-state index contributed by atoms with van der Waals surface area (Å²) in [6, 6.07) is 2.05. The predicted octanol–water partition coefficient (Wildman–Crippen LogP) is 1.07. The first-order chi connectivity index (χ1) is 7.10. The number of aromatic hydroxyl groups is 1. The van der Waals surface area contributed by atoms with Gasteiger partial charge in [-0.25, -0.2) is 4.39 Å². The van der Waals surface area contributed by atoms with Gasteiger partial charge in [-0.3, -0.25) is 4.79 Å². The number of ether oxygens (including phenoxy) is 1. The number of carbonyl (C=O) groups is 1. The van der Waals surface area contributed by atoms with Crippen LogP contribution in [0.2, 0.25) is 0 Å². The lowest BCUT2D eigenvalue weighted by molar-refractivity contribution is 0.0978. The zero-order chi connectivity index (χ0) is 11.4. The number of nitrogens with two attached hydrogens (primary N) is 1. The van der Waals surface area contributed by atoms with Crippen LogP contribution in [0.4, 0.5) is 4.39 Å². The fourth-order valence-corrected chi connectivity index (χ4v) is 1.26. The van der Waals surface area contributed by atoms with Gasteiger partial charge in [-0.2, -0.15) is 0 Å². The number of halogens is 1. The number of methoxy groups -OCH3 is 1. The highest BCUT2D eigenvalue weighted by Crippen LogP contribution is 2.27. The zero-order valence-electron chi connectivity index (χ0n) is 8.29. The number of rotatable bonds is 4. The molecule has 0 bridgehead atoms. The van der Waals surface area contributed by atoms with Crippen LogP contribution in [0.5, 0.6) is 11.5 Å². The average Bonchev–Trinajstić information content (AvgIpc) is 2.16. The van der Waals surface area contributed by atoms with E-state index in [2.05, 4.69) is 0 Å². The minimum Gasteiger partial charge on any atom is -0.508 e. The summed E-state index contributed by atoms with van der Waals surface area (Å²) in [5.41, 5.74) is 5.04.